The van der Waals surface area contributed by atoms with E-state index in [9.17, 15) is 23.1 Å². The molecule has 0 aromatic rings. The molecule has 0 aromatic heterocycles. The normalized spacial score (nSPS) is 18.2. The zero-order valence-electron chi connectivity index (χ0n) is 11.4. The van der Waals surface area contributed by atoms with Gasteiger partial charge in [-0.1, -0.05) is 19.3 Å². The number of amides is 2. The maximum Gasteiger partial charge on any atom is 0.329 e. The summed E-state index contributed by atoms with van der Waals surface area (Å²) >= 11 is 0. The second kappa shape index (κ2) is 6.89. The zero-order chi connectivity index (χ0) is 15.2. The summed E-state index contributed by atoms with van der Waals surface area (Å²) in [6.45, 7) is -0.0787. The number of aliphatic carboxylic acids is 1. The van der Waals surface area contributed by atoms with Crippen LogP contribution in [0.25, 0.3) is 0 Å². The summed E-state index contributed by atoms with van der Waals surface area (Å²) < 4.78 is 24.5. The van der Waals surface area contributed by atoms with E-state index in [0.717, 1.165) is 19.3 Å². The van der Waals surface area contributed by atoms with E-state index >= 15 is 0 Å². The molecule has 0 unspecified atom stereocenters. The van der Waals surface area contributed by atoms with Crippen molar-refractivity contribution in [3.63, 3.8) is 0 Å². The Morgan fingerprint density at radius 2 is 1.80 bits per heavy atom. The molecule has 0 spiro atoms. The topological polar surface area (TPSA) is 125 Å². The Kier molecular flexibility index (Phi) is 5.75. The molecule has 0 aliphatic heterocycles. The third-order valence-corrected chi connectivity index (χ3v) is 4.80. The van der Waals surface area contributed by atoms with Crippen molar-refractivity contribution in [3.8, 4) is 0 Å². The van der Waals surface area contributed by atoms with Crippen LogP contribution in [0.15, 0.2) is 0 Å². The molecule has 0 radical (unpaired) electrons. The van der Waals surface area contributed by atoms with Crippen molar-refractivity contribution in [1.29, 1.82) is 0 Å². The number of nitrogens with one attached hydrogen (secondary N) is 3. The zero-order valence-corrected chi connectivity index (χ0v) is 12.3. The van der Waals surface area contributed by atoms with Gasteiger partial charge in [0.15, 0.2) is 0 Å². The van der Waals surface area contributed by atoms with E-state index in [1.54, 1.807) is 0 Å². The van der Waals surface area contributed by atoms with E-state index in [4.69, 9.17) is 0 Å². The van der Waals surface area contributed by atoms with Crippen molar-refractivity contribution in [2.75, 3.05) is 19.3 Å². The maximum atomic E-state index is 11.7. The van der Waals surface area contributed by atoms with Crippen molar-refractivity contribution < 1.29 is 23.1 Å². The lowest BCUT2D eigenvalue weighted by atomic mass is 9.82. The molecular formula is C11H21N3O5S. The molecule has 1 fully saturated rings. The minimum atomic E-state index is -3.39. The van der Waals surface area contributed by atoms with Crippen LogP contribution in [0, 0.1) is 0 Å². The Labute approximate surface area is 118 Å². The molecule has 116 valence electrons. The predicted octanol–water partition coefficient (Wildman–Crippen LogP) is -0.378. The third-order valence-electron chi connectivity index (χ3n) is 3.44. The number of hydrogen-bond donors (Lipinski definition) is 4. The molecule has 0 heterocycles. The fourth-order valence-corrected chi connectivity index (χ4v) is 2.79. The first-order valence-electron chi connectivity index (χ1n) is 6.52. The summed E-state index contributed by atoms with van der Waals surface area (Å²) in [7, 11) is -2.10. The van der Waals surface area contributed by atoms with E-state index in [0.29, 0.717) is 12.8 Å². The largest absolute Gasteiger partial charge is 0.480 e. The molecule has 0 atom stereocenters. The van der Waals surface area contributed by atoms with Gasteiger partial charge >= 0.3 is 12.0 Å². The number of sulfonamides is 1. The van der Waals surface area contributed by atoms with Crippen LogP contribution in [0.3, 0.4) is 0 Å². The average molecular weight is 307 g/mol. The molecule has 9 heteroatoms. The van der Waals surface area contributed by atoms with Crippen molar-refractivity contribution in [1.82, 2.24) is 15.4 Å². The molecule has 1 aliphatic carbocycles. The maximum absolute atomic E-state index is 11.7. The van der Waals surface area contributed by atoms with Gasteiger partial charge in [0.2, 0.25) is 10.0 Å². The first kappa shape index (κ1) is 16.7. The average Bonchev–Trinajstić information content (AvgIpc) is 2.39. The quantitative estimate of drug-likeness (QED) is 0.532. The van der Waals surface area contributed by atoms with E-state index in [1.165, 1.54) is 7.05 Å². The smallest absolute Gasteiger partial charge is 0.329 e. The van der Waals surface area contributed by atoms with Gasteiger partial charge in [-0.2, -0.15) is 0 Å². The summed E-state index contributed by atoms with van der Waals surface area (Å²) in [5, 5.41) is 14.1. The summed E-state index contributed by atoms with van der Waals surface area (Å²) in [6.07, 6.45) is 3.25. The van der Waals surface area contributed by atoms with Gasteiger partial charge in [0, 0.05) is 6.54 Å². The Bertz CT molecular complexity index is 457. The number of carboxylic acids is 1. The number of urea groups is 1. The summed E-state index contributed by atoms with van der Waals surface area (Å²) in [6, 6.07) is -0.652. The summed E-state index contributed by atoms with van der Waals surface area (Å²) in [4.78, 5) is 23.0. The molecule has 20 heavy (non-hydrogen) atoms. The van der Waals surface area contributed by atoms with Gasteiger partial charge in [0.05, 0.1) is 5.75 Å². The molecule has 1 aliphatic rings. The minimum absolute atomic E-state index is 0.0787. The van der Waals surface area contributed by atoms with E-state index < -0.39 is 27.6 Å². The molecule has 8 nitrogen and oxygen atoms in total. The molecule has 1 saturated carbocycles. The number of rotatable bonds is 6. The van der Waals surface area contributed by atoms with Crippen LogP contribution in [0.4, 0.5) is 4.79 Å². The van der Waals surface area contributed by atoms with Gasteiger partial charge in [-0.05, 0) is 19.9 Å². The first-order valence-corrected chi connectivity index (χ1v) is 8.17. The minimum Gasteiger partial charge on any atom is -0.480 e. The molecule has 0 saturated heterocycles. The molecule has 0 bridgehead atoms. The van der Waals surface area contributed by atoms with Crippen LogP contribution in [0.5, 0.6) is 0 Å². The number of carbonyl (C=O) groups excluding carboxylic acids is 1. The molecule has 4 N–H and O–H groups in total. The molecule has 2 amide bonds. The first-order chi connectivity index (χ1) is 9.31. The lowest BCUT2D eigenvalue weighted by molar-refractivity contribution is -0.145. The molecule has 1 rings (SSSR count). The van der Waals surface area contributed by atoms with Gasteiger partial charge in [0.25, 0.3) is 0 Å². The standard InChI is InChI=1S/C11H21N3O5S/c1-12-20(18,19)8-7-13-10(17)14-11(9(15)16)5-3-2-4-6-11/h12H,2-8H2,1H3,(H,15,16)(H2,13,14,17). The second-order valence-electron chi connectivity index (χ2n) is 4.85. The van der Waals surface area contributed by atoms with Gasteiger partial charge in [0.1, 0.15) is 5.54 Å². The van der Waals surface area contributed by atoms with Gasteiger partial charge in [-0.3, -0.25) is 0 Å². The fraction of sp³-hybridized carbons (Fsp3) is 0.818. The Morgan fingerprint density at radius 3 is 2.30 bits per heavy atom. The predicted molar refractivity (Wildman–Crippen MR) is 72.8 cm³/mol. The van der Waals surface area contributed by atoms with Crippen LogP contribution in [0.2, 0.25) is 0 Å². The van der Waals surface area contributed by atoms with Crippen LogP contribution < -0.4 is 15.4 Å². The highest BCUT2D eigenvalue weighted by Gasteiger charge is 2.40. The van der Waals surface area contributed by atoms with Crippen LogP contribution in [0.1, 0.15) is 32.1 Å². The fourth-order valence-electron chi connectivity index (χ4n) is 2.21. The Balaban J connectivity index is 2.49. The van der Waals surface area contributed by atoms with Crippen LogP contribution >= 0.6 is 0 Å². The van der Waals surface area contributed by atoms with E-state index in [1.807, 2.05) is 0 Å². The van der Waals surface area contributed by atoms with Crippen molar-refractivity contribution in [3.05, 3.63) is 0 Å². The van der Waals surface area contributed by atoms with Gasteiger partial charge in [-0.15, -0.1) is 0 Å². The van der Waals surface area contributed by atoms with Gasteiger partial charge < -0.3 is 15.7 Å². The lowest BCUT2D eigenvalue weighted by Gasteiger charge is -2.33. The van der Waals surface area contributed by atoms with Crippen LogP contribution in [-0.4, -0.2) is 50.4 Å². The SMILES string of the molecule is CNS(=O)(=O)CCNC(=O)NC1(C(=O)O)CCCCC1. The van der Waals surface area contributed by atoms with Crippen molar-refractivity contribution in [2.24, 2.45) is 0 Å². The molecular weight excluding hydrogens is 286 g/mol. The number of carboxylic acid groups (broad SMARTS) is 1. The highest BCUT2D eigenvalue weighted by molar-refractivity contribution is 7.89. The lowest BCUT2D eigenvalue weighted by Crippen LogP contribution is -2.58. The van der Waals surface area contributed by atoms with E-state index in [2.05, 4.69) is 15.4 Å². The van der Waals surface area contributed by atoms with E-state index in [-0.39, 0.29) is 12.3 Å². The van der Waals surface area contributed by atoms with Crippen LogP contribution in [-0.2, 0) is 14.8 Å². The highest BCUT2D eigenvalue weighted by atomic mass is 32.2. The highest BCUT2D eigenvalue weighted by Crippen LogP contribution is 2.28. The summed E-state index contributed by atoms with van der Waals surface area (Å²) in [5.74, 6) is -1.30. The van der Waals surface area contributed by atoms with Crippen molar-refractivity contribution >= 4 is 22.0 Å². The Morgan fingerprint density at radius 1 is 1.20 bits per heavy atom. The number of hydrogen-bond acceptors (Lipinski definition) is 4. The monoisotopic (exact) mass is 307 g/mol. The number of carbonyl (C=O) groups is 2. The third kappa shape index (κ3) is 4.64. The summed E-state index contributed by atoms with van der Waals surface area (Å²) in [5.41, 5.74) is -1.23. The van der Waals surface area contributed by atoms with Gasteiger partial charge in [-0.25, -0.2) is 22.7 Å². The Hall–Kier alpha value is -1.35. The van der Waals surface area contributed by atoms with Crippen molar-refractivity contribution in [2.45, 2.75) is 37.6 Å². The second-order valence-corrected chi connectivity index (χ2v) is 6.90. The molecule has 0 aromatic carbocycles.